The highest BCUT2D eigenvalue weighted by atomic mass is 32.2. The smallest absolute Gasteiger partial charge is 0.496 e. The molecule has 0 aromatic heterocycles. The largest absolute Gasteiger partial charge is 0.573 e. The number of thioether (sulfide) groups is 1. The van der Waals surface area contributed by atoms with Gasteiger partial charge in [0.05, 0.1) is 25.5 Å². The van der Waals surface area contributed by atoms with Gasteiger partial charge in [0, 0.05) is 6.54 Å². The maximum Gasteiger partial charge on any atom is 0.573 e. The third kappa shape index (κ3) is 4.69. The van der Waals surface area contributed by atoms with Crippen LogP contribution in [0.4, 0.5) is 17.6 Å². The van der Waals surface area contributed by atoms with E-state index in [-0.39, 0.29) is 29.7 Å². The average molecular weight is 431 g/mol. The predicted octanol–water partition coefficient (Wildman–Crippen LogP) is 4.52. The molecule has 1 fully saturated rings. The van der Waals surface area contributed by atoms with E-state index in [2.05, 4.69) is 4.74 Å². The van der Waals surface area contributed by atoms with Crippen LogP contribution in [-0.4, -0.2) is 37.1 Å². The van der Waals surface area contributed by atoms with Gasteiger partial charge < -0.3 is 19.1 Å². The molecule has 0 saturated carbocycles. The van der Waals surface area contributed by atoms with Crippen LogP contribution in [0.15, 0.2) is 36.4 Å². The van der Waals surface area contributed by atoms with Crippen LogP contribution in [0.1, 0.15) is 16.5 Å². The molecule has 1 heterocycles. The van der Waals surface area contributed by atoms with Crippen molar-refractivity contribution < 1.29 is 36.6 Å². The molecule has 2 aromatic rings. The zero-order valence-electron chi connectivity index (χ0n) is 15.5. The van der Waals surface area contributed by atoms with Gasteiger partial charge in [0.15, 0.2) is 11.6 Å². The number of nitrogens with zero attached hydrogens (tertiary/aromatic N) is 1. The molecule has 0 spiro atoms. The summed E-state index contributed by atoms with van der Waals surface area (Å²) >= 11 is 1.29. The van der Waals surface area contributed by atoms with Crippen molar-refractivity contribution in [1.29, 1.82) is 0 Å². The Morgan fingerprint density at radius 2 is 1.79 bits per heavy atom. The highest BCUT2D eigenvalue weighted by molar-refractivity contribution is 8.00. The van der Waals surface area contributed by atoms with Gasteiger partial charge in [-0.2, -0.15) is 0 Å². The normalized spacial score (nSPS) is 16.8. The van der Waals surface area contributed by atoms with Crippen molar-refractivity contribution >= 4 is 17.7 Å². The summed E-state index contributed by atoms with van der Waals surface area (Å²) in [6.07, 6.45) is -4.78. The molecule has 0 N–H and O–H groups in total. The number of rotatable bonds is 6. The van der Waals surface area contributed by atoms with Crippen molar-refractivity contribution in [3.8, 4) is 17.2 Å². The summed E-state index contributed by atoms with van der Waals surface area (Å²) in [5.41, 5.74) is 0.984. The second-order valence-electron chi connectivity index (χ2n) is 6.07. The van der Waals surface area contributed by atoms with Gasteiger partial charge in [-0.1, -0.05) is 12.1 Å². The van der Waals surface area contributed by atoms with E-state index in [1.54, 1.807) is 0 Å². The Hall–Kier alpha value is -2.62. The molecular formula is C19H17F4NO4S. The van der Waals surface area contributed by atoms with E-state index >= 15 is 0 Å². The lowest BCUT2D eigenvalue weighted by molar-refractivity contribution is -0.274. The molecule has 1 amide bonds. The molecular weight excluding hydrogens is 414 g/mol. The van der Waals surface area contributed by atoms with Crippen molar-refractivity contribution in [3.05, 3.63) is 53.3 Å². The third-order valence-corrected chi connectivity index (χ3v) is 5.48. The van der Waals surface area contributed by atoms with Gasteiger partial charge in [-0.25, -0.2) is 4.39 Å². The number of alkyl halides is 3. The number of hydrogen-bond acceptors (Lipinski definition) is 5. The van der Waals surface area contributed by atoms with E-state index in [0.29, 0.717) is 16.9 Å². The van der Waals surface area contributed by atoms with Gasteiger partial charge in [-0.15, -0.1) is 24.9 Å². The fourth-order valence-electron chi connectivity index (χ4n) is 3.03. The molecule has 1 aliphatic heterocycles. The van der Waals surface area contributed by atoms with Crippen molar-refractivity contribution in [2.24, 2.45) is 0 Å². The fourth-order valence-corrected chi connectivity index (χ4v) is 4.26. The molecule has 2 aromatic carbocycles. The topological polar surface area (TPSA) is 48.0 Å². The lowest BCUT2D eigenvalue weighted by Gasteiger charge is -2.27. The Balaban J connectivity index is 1.88. The van der Waals surface area contributed by atoms with Gasteiger partial charge >= 0.3 is 6.36 Å². The van der Waals surface area contributed by atoms with E-state index in [9.17, 15) is 22.4 Å². The van der Waals surface area contributed by atoms with E-state index in [0.717, 1.165) is 0 Å². The standard InChI is InChI=1S/C19H17F4NO4S/c1-26-14-8-7-13(20)17(27-2)16(14)18-24(15(25)10-29-18)9-11-3-5-12(6-4-11)28-19(21,22)23/h3-8,18H,9-10H2,1-2H3. The van der Waals surface area contributed by atoms with Crippen LogP contribution >= 0.6 is 11.8 Å². The molecule has 0 radical (unpaired) electrons. The number of halogens is 4. The summed E-state index contributed by atoms with van der Waals surface area (Å²) in [5, 5.41) is -0.575. The zero-order valence-corrected chi connectivity index (χ0v) is 16.3. The second-order valence-corrected chi connectivity index (χ2v) is 7.14. The van der Waals surface area contributed by atoms with E-state index in [4.69, 9.17) is 9.47 Å². The Morgan fingerprint density at radius 3 is 2.38 bits per heavy atom. The Bertz CT molecular complexity index is 889. The first-order valence-electron chi connectivity index (χ1n) is 8.39. The minimum Gasteiger partial charge on any atom is -0.496 e. The Morgan fingerprint density at radius 1 is 1.10 bits per heavy atom. The molecule has 10 heteroatoms. The number of amides is 1. The Kier molecular flexibility index (Phi) is 6.11. The molecule has 1 atom stereocenters. The molecule has 5 nitrogen and oxygen atoms in total. The SMILES string of the molecule is COc1ccc(F)c(OC)c1C1SCC(=O)N1Cc1ccc(OC(F)(F)F)cc1. The molecule has 0 bridgehead atoms. The second kappa shape index (κ2) is 8.40. The summed E-state index contributed by atoms with van der Waals surface area (Å²) < 4.78 is 65.5. The maximum absolute atomic E-state index is 14.3. The van der Waals surface area contributed by atoms with Crippen LogP contribution in [0.5, 0.6) is 17.2 Å². The number of ether oxygens (including phenoxy) is 3. The summed E-state index contributed by atoms with van der Waals surface area (Å²) in [6.45, 7) is 0.117. The number of carbonyl (C=O) groups excluding carboxylic acids is 1. The van der Waals surface area contributed by atoms with Crippen LogP contribution < -0.4 is 14.2 Å². The van der Waals surface area contributed by atoms with Crippen LogP contribution in [0.3, 0.4) is 0 Å². The molecule has 0 aliphatic carbocycles. The highest BCUT2D eigenvalue weighted by Crippen LogP contribution is 2.48. The molecule has 1 saturated heterocycles. The van der Waals surface area contributed by atoms with E-state index in [1.807, 2.05) is 0 Å². The van der Waals surface area contributed by atoms with Crippen LogP contribution in [-0.2, 0) is 11.3 Å². The number of carbonyl (C=O) groups is 1. The first-order chi connectivity index (χ1) is 13.7. The molecule has 1 aliphatic rings. The zero-order chi connectivity index (χ0) is 21.2. The predicted molar refractivity (Wildman–Crippen MR) is 98.4 cm³/mol. The number of methoxy groups -OCH3 is 2. The van der Waals surface area contributed by atoms with Crippen molar-refractivity contribution in [2.75, 3.05) is 20.0 Å². The van der Waals surface area contributed by atoms with E-state index in [1.165, 1.54) is 67.3 Å². The van der Waals surface area contributed by atoms with Gasteiger partial charge in [0.25, 0.3) is 0 Å². The summed E-state index contributed by atoms with van der Waals surface area (Å²) in [7, 11) is 2.76. The van der Waals surface area contributed by atoms with Crippen molar-refractivity contribution in [2.45, 2.75) is 18.3 Å². The minimum atomic E-state index is -4.78. The quantitative estimate of drug-likeness (QED) is 0.630. The summed E-state index contributed by atoms with van der Waals surface area (Å²) in [5.74, 6) is -0.609. The maximum atomic E-state index is 14.3. The van der Waals surface area contributed by atoms with Crippen LogP contribution in [0.2, 0.25) is 0 Å². The van der Waals surface area contributed by atoms with E-state index < -0.39 is 17.6 Å². The molecule has 3 rings (SSSR count). The van der Waals surface area contributed by atoms with Crippen molar-refractivity contribution in [1.82, 2.24) is 4.90 Å². The summed E-state index contributed by atoms with van der Waals surface area (Å²) in [4.78, 5) is 14.0. The molecule has 29 heavy (non-hydrogen) atoms. The monoisotopic (exact) mass is 431 g/mol. The Labute approximate surface area is 168 Å². The van der Waals surface area contributed by atoms with Crippen molar-refractivity contribution in [3.63, 3.8) is 0 Å². The summed E-state index contributed by atoms with van der Waals surface area (Å²) in [6, 6.07) is 7.90. The first-order valence-corrected chi connectivity index (χ1v) is 9.44. The average Bonchev–Trinajstić information content (AvgIpc) is 3.02. The lowest BCUT2D eigenvalue weighted by atomic mass is 10.1. The number of benzene rings is 2. The molecule has 1 unspecified atom stereocenters. The first kappa shape index (κ1) is 21.1. The lowest BCUT2D eigenvalue weighted by Crippen LogP contribution is -2.28. The van der Waals surface area contributed by atoms with Gasteiger partial charge in [0.2, 0.25) is 5.91 Å². The minimum absolute atomic E-state index is 0.0181. The number of hydrogen-bond donors (Lipinski definition) is 0. The van der Waals surface area contributed by atoms with Gasteiger partial charge in [-0.3, -0.25) is 4.79 Å². The molecule has 156 valence electrons. The van der Waals surface area contributed by atoms with Crippen LogP contribution in [0.25, 0.3) is 0 Å². The third-order valence-electron chi connectivity index (χ3n) is 4.26. The van der Waals surface area contributed by atoms with Crippen LogP contribution in [0, 0.1) is 5.82 Å². The van der Waals surface area contributed by atoms with Gasteiger partial charge in [0.1, 0.15) is 16.9 Å². The highest BCUT2D eigenvalue weighted by Gasteiger charge is 2.37. The fraction of sp³-hybridized carbons (Fsp3) is 0.316. The van der Waals surface area contributed by atoms with Gasteiger partial charge in [-0.05, 0) is 29.8 Å².